The maximum Gasteiger partial charge on any atom is 0.260 e. The number of aromatic amines is 1. The zero-order valence-electron chi connectivity index (χ0n) is 12.1. The van der Waals surface area contributed by atoms with Crippen LogP contribution in [0, 0.1) is 5.92 Å². The molecule has 1 aliphatic heterocycles. The van der Waals surface area contributed by atoms with E-state index >= 15 is 0 Å². The highest BCUT2D eigenvalue weighted by Gasteiger charge is 2.41. The fourth-order valence-corrected chi connectivity index (χ4v) is 5.40. The van der Waals surface area contributed by atoms with Crippen LogP contribution in [0.3, 0.4) is 0 Å². The van der Waals surface area contributed by atoms with E-state index in [1.54, 1.807) is 4.31 Å². The Morgan fingerprint density at radius 1 is 1.19 bits per heavy atom. The third kappa shape index (κ3) is 2.86. The number of nitrogens with one attached hydrogen (secondary N) is 1. The van der Waals surface area contributed by atoms with Gasteiger partial charge in [-0.2, -0.15) is 9.40 Å². The van der Waals surface area contributed by atoms with Gasteiger partial charge < -0.3 is 5.11 Å². The molecular weight excluding hydrogens is 290 g/mol. The molecular formula is C14H23N3O3S. The quantitative estimate of drug-likeness (QED) is 0.885. The molecule has 0 spiro atoms. The Bertz CT molecular complexity index is 558. The van der Waals surface area contributed by atoms with Crippen molar-refractivity contribution in [2.75, 3.05) is 6.54 Å². The number of piperidine rings is 1. The summed E-state index contributed by atoms with van der Waals surface area (Å²) in [5, 5.41) is 16.8. The lowest BCUT2D eigenvalue weighted by Crippen LogP contribution is -2.51. The first kappa shape index (κ1) is 15.0. The molecule has 0 radical (unpaired) electrons. The van der Waals surface area contributed by atoms with Crippen LogP contribution in [0.1, 0.15) is 44.9 Å². The van der Waals surface area contributed by atoms with Crippen molar-refractivity contribution in [3.05, 3.63) is 12.3 Å². The summed E-state index contributed by atoms with van der Waals surface area (Å²) in [6.45, 7) is 0.537. The molecule has 1 aromatic rings. The largest absolute Gasteiger partial charge is 0.393 e. The molecule has 1 aliphatic carbocycles. The molecule has 2 heterocycles. The zero-order valence-corrected chi connectivity index (χ0v) is 12.9. The van der Waals surface area contributed by atoms with Gasteiger partial charge in [0.15, 0.2) is 5.03 Å². The highest BCUT2D eigenvalue weighted by Crippen LogP contribution is 2.36. The van der Waals surface area contributed by atoms with Crippen molar-refractivity contribution >= 4 is 10.0 Å². The first-order valence-corrected chi connectivity index (χ1v) is 9.24. The Morgan fingerprint density at radius 2 is 1.95 bits per heavy atom. The van der Waals surface area contributed by atoms with Gasteiger partial charge in [-0.25, -0.2) is 8.42 Å². The van der Waals surface area contributed by atoms with Crippen LogP contribution in [0.2, 0.25) is 0 Å². The minimum Gasteiger partial charge on any atom is -0.393 e. The van der Waals surface area contributed by atoms with E-state index in [2.05, 4.69) is 10.2 Å². The third-order valence-corrected chi connectivity index (χ3v) is 6.69. The maximum atomic E-state index is 12.8. The molecule has 3 atom stereocenters. The molecule has 0 amide bonds. The smallest absolute Gasteiger partial charge is 0.260 e. The van der Waals surface area contributed by atoms with E-state index < -0.39 is 10.0 Å². The fraction of sp³-hybridized carbons (Fsp3) is 0.786. The molecule has 3 unspecified atom stereocenters. The predicted octanol–water partition coefficient (Wildman–Crippen LogP) is 1.50. The zero-order chi connectivity index (χ0) is 14.9. The Kier molecular flexibility index (Phi) is 4.33. The van der Waals surface area contributed by atoms with Crippen molar-refractivity contribution in [1.29, 1.82) is 0 Å². The Labute approximate surface area is 125 Å². The number of sulfonamides is 1. The Balaban J connectivity index is 1.88. The number of rotatable bonds is 3. The molecule has 0 aromatic carbocycles. The van der Waals surface area contributed by atoms with Gasteiger partial charge in [-0.05, 0) is 31.7 Å². The van der Waals surface area contributed by atoms with Crippen molar-refractivity contribution in [1.82, 2.24) is 14.5 Å². The normalized spacial score (nSPS) is 32.1. The summed E-state index contributed by atoms with van der Waals surface area (Å²) in [5.74, 6) is 0.0664. The minimum absolute atomic E-state index is 0.0664. The topological polar surface area (TPSA) is 86.3 Å². The number of aliphatic hydroxyl groups is 1. The highest BCUT2D eigenvalue weighted by molar-refractivity contribution is 7.89. The predicted molar refractivity (Wildman–Crippen MR) is 78.1 cm³/mol. The van der Waals surface area contributed by atoms with Crippen LogP contribution in [-0.2, 0) is 10.0 Å². The second-order valence-electron chi connectivity index (χ2n) is 6.12. The van der Waals surface area contributed by atoms with Crippen molar-refractivity contribution in [3.63, 3.8) is 0 Å². The van der Waals surface area contributed by atoms with Gasteiger partial charge in [0.05, 0.1) is 12.3 Å². The van der Waals surface area contributed by atoms with Gasteiger partial charge >= 0.3 is 0 Å². The van der Waals surface area contributed by atoms with Gasteiger partial charge in [0.2, 0.25) is 0 Å². The molecule has 1 saturated heterocycles. The third-order valence-electron chi connectivity index (χ3n) is 4.84. The number of H-pyrrole nitrogens is 1. The number of aromatic nitrogens is 2. The summed E-state index contributed by atoms with van der Waals surface area (Å²) in [6, 6.07) is 1.42. The lowest BCUT2D eigenvalue weighted by Gasteiger charge is -2.42. The number of hydrogen-bond acceptors (Lipinski definition) is 4. The average Bonchev–Trinajstić information content (AvgIpc) is 3.03. The van der Waals surface area contributed by atoms with Crippen molar-refractivity contribution in [2.45, 2.75) is 62.1 Å². The standard InChI is InChI=1S/C14H23N3O3S/c18-13-7-2-1-5-11(13)12-6-3-4-10-17(12)21(19,20)14-8-9-15-16-14/h8-9,11-13,18H,1-7,10H2,(H,15,16). The van der Waals surface area contributed by atoms with E-state index in [-0.39, 0.29) is 23.1 Å². The van der Waals surface area contributed by atoms with Crippen molar-refractivity contribution in [2.24, 2.45) is 5.92 Å². The summed E-state index contributed by atoms with van der Waals surface area (Å²) in [6.07, 6.45) is 7.67. The summed E-state index contributed by atoms with van der Waals surface area (Å²) in [7, 11) is -3.54. The van der Waals surface area contributed by atoms with Crippen molar-refractivity contribution < 1.29 is 13.5 Å². The second-order valence-corrected chi connectivity index (χ2v) is 7.97. The van der Waals surface area contributed by atoms with Gasteiger partial charge in [0, 0.05) is 18.5 Å². The van der Waals surface area contributed by atoms with E-state index in [1.807, 2.05) is 0 Å². The summed E-state index contributed by atoms with van der Waals surface area (Å²) < 4.78 is 27.2. The average molecular weight is 313 g/mol. The van der Waals surface area contributed by atoms with Gasteiger partial charge in [0.25, 0.3) is 10.0 Å². The van der Waals surface area contributed by atoms with E-state index in [9.17, 15) is 13.5 Å². The molecule has 2 N–H and O–H groups in total. The molecule has 1 aromatic heterocycles. The molecule has 1 saturated carbocycles. The monoisotopic (exact) mass is 313 g/mol. The SMILES string of the molecule is O=S(=O)(c1ccn[nH]1)N1CCCCC1C1CCCCC1O. The highest BCUT2D eigenvalue weighted by atomic mass is 32.2. The maximum absolute atomic E-state index is 12.8. The summed E-state index contributed by atoms with van der Waals surface area (Å²) in [5.41, 5.74) is 0. The molecule has 3 rings (SSSR count). The minimum atomic E-state index is -3.54. The van der Waals surface area contributed by atoms with Crippen LogP contribution in [0.4, 0.5) is 0 Å². The fourth-order valence-electron chi connectivity index (χ4n) is 3.76. The van der Waals surface area contributed by atoms with Gasteiger partial charge in [0.1, 0.15) is 0 Å². The van der Waals surface area contributed by atoms with Crippen LogP contribution in [0.25, 0.3) is 0 Å². The lowest BCUT2D eigenvalue weighted by atomic mass is 9.79. The molecule has 2 fully saturated rings. The van der Waals surface area contributed by atoms with Crippen LogP contribution in [0.5, 0.6) is 0 Å². The molecule has 118 valence electrons. The van der Waals surface area contributed by atoms with Crippen LogP contribution < -0.4 is 0 Å². The van der Waals surface area contributed by atoms with E-state index in [1.165, 1.54) is 12.3 Å². The Hall–Kier alpha value is -0.920. The van der Waals surface area contributed by atoms with Crippen molar-refractivity contribution in [3.8, 4) is 0 Å². The number of hydrogen-bond donors (Lipinski definition) is 2. The second kappa shape index (κ2) is 6.06. The Morgan fingerprint density at radius 3 is 2.67 bits per heavy atom. The van der Waals surface area contributed by atoms with E-state index in [4.69, 9.17) is 0 Å². The summed E-state index contributed by atoms with van der Waals surface area (Å²) >= 11 is 0. The van der Waals surface area contributed by atoms with Gasteiger partial charge in [-0.15, -0.1) is 0 Å². The van der Waals surface area contributed by atoms with Gasteiger partial charge in [-0.1, -0.05) is 19.3 Å². The first-order chi connectivity index (χ1) is 10.1. The van der Waals surface area contributed by atoms with E-state index in [0.29, 0.717) is 6.54 Å². The number of nitrogens with zero attached hydrogens (tertiary/aromatic N) is 2. The lowest BCUT2D eigenvalue weighted by molar-refractivity contribution is 0.0203. The van der Waals surface area contributed by atoms with Gasteiger partial charge in [-0.3, -0.25) is 5.10 Å². The number of aliphatic hydroxyl groups excluding tert-OH is 1. The van der Waals surface area contributed by atoms with Crippen LogP contribution in [-0.4, -0.2) is 46.7 Å². The van der Waals surface area contributed by atoms with Crippen LogP contribution in [0.15, 0.2) is 17.3 Å². The molecule has 21 heavy (non-hydrogen) atoms. The van der Waals surface area contributed by atoms with E-state index in [0.717, 1.165) is 44.9 Å². The summed E-state index contributed by atoms with van der Waals surface area (Å²) in [4.78, 5) is 0. The molecule has 0 bridgehead atoms. The van der Waals surface area contributed by atoms with Crippen LogP contribution >= 0.6 is 0 Å². The first-order valence-electron chi connectivity index (χ1n) is 7.80. The molecule has 2 aliphatic rings. The molecule has 6 nitrogen and oxygen atoms in total. The molecule has 7 heteroatoms.